The summed E-state index contributed by atoms with van der Waals surface area (Å²) in [5.74, 6) is -0.209. The first-order valence-corrected chi connectivity index (χ1v) is 11.1. The van der Waals surface area contributed by atoms with Crippen LogP contribution in [0.4, 0.5) is 10.2 Å². The Bertz CT molecular complexity index is 1500. The number of amides is 1. The van der Waals surface area contributed by atoms with Gasteiger partial charge >= 0.3 is 0 Å². The van der Waals surface area contributed by atoms with Gasteiger partial charge in [0.05, 0.1) is 12.3 Å². The first-order chi connectivity index (χ1) is 17.1. The van der Waals surface area contributed by atoms with Crippen LogP contribution in [-0.2, 0) is 16.1 Å². The minimum atomic E-state index is -0.309. The summed E-state index contributed by atoms with van der Waals surface area (Å²) in [4.78, 5) is 21.4. The molecule has 0 atom stereocenters. The molecule has 35 heavy (non-hydrogen) atoms. The molecule has 0 aliphatic carbocycles. The number of benzene rings is 2. The van der Waals surface area contributed by atoms with Crippen molar-refractivity contribution >= 4 is 17.4 Å². The average Bonchev–Trinajstić information content (AvgIpc) is 3.26. The van der Waals surface area contributed by atoms with Gasteiger partial charge in [-0.05, 0) is 60.5 Å². The molecule has 174 valence electrons. The van der Waals surface area contributed by atoms with Gasteiger partial charge in [-0.3, -0.25) is 4.79 Å². The fraction of sp³-hybridized carbons (Fsp3) is 0.111. The average molecular weight is 468 g/mol. The Morgan fingerprint density at radius 2 is 1.86 bits per heavy atom. The third-order valence-electron chi connectivity index (χ3n) is 5.47. The van der Waals surface area contributed by atoms with E-state index in [9.17, 15) is 9.18 Å². The van der Waals surface area contributed by atoms with E-state index in [4.69, 9.17) is 9.72 Å². The van der Waals surface area contributed by atoms with E-state index in [1.807, 2.05) is 42.5 Å². The van der Waals surface area contributed by atoms with Gasteiger partial charge in [0.1, 0.15) is 23.9 Å². The van der Waals surface area contributed by atoms with Crippen molar-refractivity contribution in [2.24, 2.45) is 0 Å². The maximum absolute atomic E-state index is 13.9. The molecule has 2 aromatic carbocycles. The number of nitrogens with zero attached hydrogens (tertiary/aromatic N) is 4. The quantitative estimate of drug-likeness (QED) is 0.362. The van der Waals surface area contributed by atoms with Crippen LogP contribution < -0.4 is 5.32 Å². The van der Waals surface area contributed by atoms with Gasteiger partial charge in [0, 0.05) is 23.5 Å². The Balaban J connectivity index is 1.41. The fourth-order valence-corrected chi connectivity index (χ4v) is 3.80. The van der Waals surface area contributed by atoms with E-state index in [-0.39, 0.29) is 18.3 Å². The molecular formula is C27H22FN5O2. The number of aryl methyl sites for hydroxylation is 1. The number of anilines is 1. The van der Waals surface area contributed by atoms with Crippen LogP contribution in [0.2, 0.25) is 0 Å². The smallest absolute Gasteiger partial charge is 0.251 e. The van der Waals surface area contributed by atoms with Crippen LogP contribution in [0, 0.1) is 12.7 Å². The van der Waals surface area contributed by atoms with E-state index >= 15 is 0 Å². The first kappa shape index (κ1) is 22.4. The second kappa shape index (κ2) is 9.82. The number of fused-ring (bicyclic) bond motifs is 1. The normalized spacial score (nSPS) is 11.0. The molecule has 1 amide bonds. The van der Waals surface area contributed by atoms with E-state index in [0.717, 1.165) is 16.7 Å². The molecular weight excluding hydrogens is 445 g/mol. The number of rotatable bonds is 7. The van der Waals surface area contributed by atoms with Gasteiger partial charge in [0.15, 0.2) is 5.65 Å². The van der Waals surface area contributed by atoms with Crippen molar-refractivity contribution in [1.29, 1.82) is 0 Å². The number of hydrogen-bond acceptors (Lipinski definition) is 5. The van der Waals surface area contributed by atoms with Crippen LogP contribution >= 0.6 is 0 Å². The second-order valence-electron chi connectivity index (χ2n) is 8.02. The van der Waals surface area contributed by atoms with E-state index in [0.29, 0.717) is 35.0 Å². The highest BCUT2D eigenvalue weighted by Gasteiger charge is 2.18. The summed E-state index contributed by atoms with van der Waals surface area (Å²) in [7, 11) is 0. The summed E-state index contributed by atoms with van der Waals surface area (Å²) < 4.78 is 21.1. The van der Waals surface area contributed by atoms with Crippen molar-refractivity contribution in [3.8, 4) is 22.5 Å². The van der Waals surface area contributed by atoms with E-state index in [1.165, 1.54) is 6.07 Å². The Morgan fingerprint density at radius 1 is 1.00 bits per heavy atom. The van der Waals surface area contributed by atoms with Crippen LogP contribution in [0.25, 0.3) is 28.2 Å². The molecule has 3 heterocycles. The van der Waals surface area contributed by atoms with Crippen LogP contribution in [-0.4, -0.2) is 32.1 Å². The van der Waals surface area contributed by atoms with E-state index < -0.39 is 0 Å². The highest BCUT2D eigenvalue weighted by atomic mass is 19.1. The predicted molar refractivity (Wildman–Crippen MR) is 131 cm³/mol. The van der Waals surface area contributed by atoms with Gasteiger partial charge < -0.3 is 10.1 Å². The zero-order valence-corrected chi connectivity index (χ0v) is 19.0. The molecule has 0 unspecified atom stereocenters. The summed E-state index contributed by atoms with van der Waals surface area (Å²) in [5.41, 5.74) is 5.05. The van der Waals surface area contributed by atoms with Crippen molar-refractivity contribution in [1.82, 2.24) is 19.6 Å². The van der Waals surface area contributed by atoms with Gasteiger partial charge in [-0.15, -0.1) is 0 Å². The van der Waals surface area contributed by atoms with Gasteiger partial charge in [-0.1, -0.05) is 30.3 Å². The monoisotopic (exact) mass is 467 g/mol. The van der Waals surface area contributed by atoms with Crippen LogP contribution in [0.5, 0.6) is 0 Å². The summed E-state index contributed by atoms with van der Waals surface area (Å²) in [6.45, 7) is 1.96. The third-order valence-corrected chi connectivity index (χ3v) is 5.47. The molecule has 1 N–H and O–H groups in total. The standard InChI is InChI=1S/C27H22FN5O2/c1-18-14-20(9-10-22(18)28)26-27(33-24(32-26)8-5-12-30-33)21-11-13-29-23(15-21)31-25(34)17-35-16-19-6-3-2-4-7-19/h2-15H,16-17H2,1H3,(H,29,31,34). The van der Waals surface area contributed by atoms with Crippen LogP contribution in [0.3, 0.4) is 0 Å². The van der Waals surface area contributed by atoms with Gasteiger partial charge in [-0.2, -0.15) is 5.10 Å². The molecule has 8 heteroatoms. The van der Waals surface area contributed by atoms with Crippen molar-refractivity contribution in [3.63, 3.8) is 0 Å². The largest absolute Gasteiger partial charge is 0.367 e. The second-order valence-corrected chi connectivity index (χ2v) is 8.02. The number of pyridine rings is 1. The van der Waals surface area contributed by atoms with Crippen molar-refractivity contribution in [2.45, 2.75) is 13.5 Å². The molecule has 5 aromatic rings. The summed E-state index contributed by atoms with van der Waals surface area (Å²) in [6.07, 6.45) is 3.28. The number of carbonyl (C=O) groups is 1. The molecule has 0 spiro atoms. The van der Waals surface area contributed by atoms with Crippen molar-refractivity contribution < 1.29 is 13.9 Å². The zero-order valence-electron chi connectivity index (χ0n) is 19.0. The van der Waals surface area contributed by atoms with Gasteiger partial charge in [0.25, 0.3) is 5.91 Å². The topological polar surface area (TPSA) is 81.4 Å². The Hall–Kier alpha value is -4.43. The third kappa shape index (κ3) is 4.92. The zero-order chi connectivity index (χ0) is 24.2. The summed E-state index contributed by atoms with van der Waals surface area (Å²) in [6, 6.07) is 21.8. The molecule has 3 aromatic heterocycles. The molecule has 7 nitrogen and oxygen atoms in total. The van der Waals surface area contributed by atoms with E-state index in [1.54, 1.807) is 48.1 Å². The first-order valence-electron chi connectivity index (χ1n) is 11.1. The summed E-state index contributed by atoms with van der Waals surface area (Å²) >= 11 is 0. The molecule has 5 rings (SSSR count). The maximum atomic E-state index is 13.9. The molecule has 0 saturated heterocycles. The Kier molecular flexibility index (Phi) is 6.28. The lowest BCUT2D eigenvalue weighted by atomic mass is 10.0. The molecule has 0 fully saturated rings. The number of hydrogen-bond donors (Lipinski definition) is 1. The Morgan fingerprint density at radius 3 is 2.69 bits per heavy atom. The fourth-order valence-electron chi connectivity index (χ4n) is 3.80. The van der Waals surface area contributed by atoms with Gasteiger partial charge in [-0.25, -0.2) is 18.9 Å². The molecule has 0 aliphatic rings. The van der Waals surface area contributed by atoms with Crippen molar-refractivity contribution in [3.05, 3.63) is 102 Å². The van der Waals surface area contributed by atoms with Crippen LogP contribution in [0.1, 0.15) is 11.1 Å². The minimum Gasteiger partial charge on any atom is -0.367 e. The lowest BCUT2D eigenvalue weighted by Gasteiger charge is -2.09. The Labute approximate surface area is 201 Å². The summed E-state index contributed by atoms with van der Waals surface area (Å²) in [5, 5.41) is 7.24. The maximum Gasteiger partial charge on any atom is 0.251 e. The highest BCUT2D eigenvalue weighted by molar-refractivity contribution is 5.92. The van der Waals surface area contributed by atoms with Gasteiger partial charge in [0.2, 0.25) is 0 Å². The predicted octanol–water partition coefficient (Wildman–Crippen LogP) is 5.06. The SMILES string of the molecule is Cc1cc(-c2nc3cccnn3c2-c2ccnc(NC(=O)COCc3ccccc3)c2)ccc1F. The number of halogens is 1. The highest BCUT2D eigenvalue weighted by Crippen LogP contribution is 2.33. The lowest BCUT2D eigenvalue weighted by molar-refractivity contribution is -0.121. The number of ether oxygens (including phenoxy) is 1. The van der Waals surface area contributed by atoms with Crippen LogP contribution in [0.15, 0.2) is 85.2 Å². The molecule has 0 bridgehead atoms. The minimum absolute atomic E-state index is 0.0991. The molecule has 0 saturated carbocycles. The molecule has 0 aliphatic heterocycles. The molecule has 0 radical (unpaired) electrons. The van der Waals surface area contributed by atoms with Crippen molar-refractivity contribution in [2.75, 3.05) is 11.9 Å². The number of nitrogens with one attached hydrogen (secondary N) is 1. The number of aromatic nitrogens is 4. The lowest BCUT2D eigenvalue weighted by Crippen LogP contribution is -2.19. The number of imidazole rings is 1. The van der Waals surface area contributed by atoms with E-state index in [2.05, 4.69) is 15.4 Å². The number of carbonyl (C=O) groups excluding carboxylic acids is 1.